The van der Waals surface area contributed by atoms with Crippen molar-refractivity contribution >= 4 is 23.7 Å². The number of nitrogens with one attached hydrogen (secondary N) is 1. The number of halogens is 1. The van der Waals surface area contributed by atoms with Crippen LogP contribution in [-0.4, -0.2) is 17.3 Å². The molecule has 0 aliphatic heterocycles. The van der Waals surface area contributed by atoms with Crippen LogP contribution in [0.25, 0.3) is 0 Å². The van der Waals surface area contributed by atoms with E-state index in [0.29, 0.717) is 11.6 Å². The molecule has 1 aliphatic carbocycles. The van der Waals surface area contributed by atoms with Gasteiger partial charge in [-0.1, -0.05) is 28.9 Å². The van der Waals surface area contributed by atoms with E-state index in [1.807, 2.05) is 6.07 Å². The number of rotatable bonds is 4. The maximum absolute atomic E-state index is 11.5. The molecule has 0 saturated heterocycles. The molecule has 0 radical (unpaired) electrons. The highest BCUT2D eigenvalue weighted by molar-refractivity contribution is 6.31. The maximum atomic E-state index is 11.5. The lowest BCUT2D eigenvalue weighted by molar-refractivity contribution is -0.122. The zero-order chi connectivity index (χ0) is 12.3. The Morgan fingerprint density at radius 3 is 2.94 bits per heavy atom. The van der Waals surface area contributed by atoms with E-state index in [2.05, 4.69) is 10.5 Å². The predicted molar refractivity (Wildman–Crippen MR) is 65.4 cm³/mol. The fraction of sp³-hybridized carbons (Fsp3) is 0.333. The Labute approximate surface area is 104 Å². The van der Waals surface area contributed by atoms with Crippen LogP contribution >= 0.6 is 11.6 Å². The van der Waals surface area contributed by atoms with E-state index < -0.39 is 0 Å². The van der Waals surface area contributed by atoms with Crippen molar-refractivity contribution in [2.45, 2.75) is 19.4 Å². The molecule has 1 aromatic carbocycles. The smallest absolute Gasteiger partial charge is 0.223 e. The van der Waals surface area contributed by atoms with Crippen molar-refractivity contribution in [3.63, 3.8) is 0 Å². The van der Waals surface area contributed by atoms with Gasteiger partial charge in [0.1, 0.15) is 0 Å². The maximum Gasteiger partial charge on any atom is 0.223 e. The fourth-order valence-electron chi connectivity index (χ4n) is 1.53. The van der Waals surface area contributed by atoms with Gasteiger partial charge in [0.05, 0.1) is 6.21 Å². The minimum Gasteiger partial charge on any atom is -0.411 e. The molecule has 1 fully saturated rings. The standard InChI is InChI=1S/C12H13ClN2O2/c13-11-5-8(6-15-17)1-2-10(11)7-14-12(16)9-3-4-9/h1-2,5-6,9,17H,3-4,7H2,(H,14,16). The lowest BCUT2D eigenvalue weighted by Crippen LogP contribution is -2.24. The number of benzene rings is 1. The van der Waals surface area contributed by atoms with Crippen LogP contribution in [0.4, 0.5) is 0 Å². The first kappa shape index (κ1) is 11.9. The quantitative estimate of drug-likeness (QED) is 0.490. The summed E-state index contributed by atoms with van der Waals surface area (Å²) in [6.45, 7) is 0.435. The first-order valence-electron chi connectivity index (χ1n) is 5.44. The summed E-state index contributed by atoms with van der Waals surface area (Å²) in [5, 5.41) is 14.7. The van der Waals surface area contributed by atoms with Crippen molar-refractivity contribution in [1.29, 1.82) is 0 Å². The Morgan fingerprint density at radius 1 is 1.59 bits per heavy atom. The Hall–Kier alpha value is -1.55. The molecule has 0 heterocycles. The summed E-state index contributed by atoms with van der Waals surface area (Å²) < 4.78 is 0. The molecule has 1 amide bonds. The molecule has 0 spiro atoms. The van der Waals surface area contributed by atoms with Gasteiger partial charge in [0, 0.05) is 17.5 Å². The predicted octanol–water partition coefficient (Wildman–Crippen LogP) is 2.17. The Morgan fingerprint density at radius 2 is 2.35 bits per heavy atom. The molecule has 90 valence electrons. The van der Waals surface area contributed by atoms with E-state index >= 15 is 0 Å². The molecular formula is C12H13ClN2O2. The largest absolute Gasteiger partial charge is 0.411 e. The van der Waals surface area contributed by atoms with Crippen LogP contribution in [0.3, 0.4) is 0 Å². The molecule has 2 rings (SSSR count). The van der Waals surface area contributed by atoms with Crippen molar-refractivity contribution in [3.05, 3.63) is 34.3 Å². The molecule has 0 aromatic heterocycles. The molecular weight excluding hydrogens is 240 g/mol. The molecule has 0 bridgehead atoms. The molecule has 0 atom stereocenters. The highest BCUT2D eigenvalue weighted by Gasteiger charge is 2.29. The third-order valence-electron chi connectivity index (χ3n) is 2.69. The van der Waals surface area contributed by atoms with Crippen LogP contribution in [0, 0.1) is 5.92 Å². The lowest BCUT2D eigenvalue weighted by Gasteiger charge is -2.06. The second-order valence-electron chi connectivity index (χ2n) is 4.09. The van der Waals surface area contributed by atoms with Crippen LogP contribution in [-0.2, 0) is 11.3 Å². The van der Waals surface area contributed by atoms with Gasteiger partial charge in [-0.15, -0.1) is 0 Å². The molecule has 4 nitrogen and oxygen atoms in total. The summed E-state index contributed by atoms with van der Waals surface area (Å²) in [7, 11) is 0. The third kappa shape index (κ3) is 3.20. The Bertz CT molecular complexity index is 456. The molecule has 0 unspecified atom stereocenters. The SMILES string of the molecule is O=C(NCc1ccc(C=NO)cc1Cl)C1CC1. The molecule has 1 aromatic rings. The van der Waals surface area contributed by atoms with Gasteiger partial charge in [-0.3, -0.25) is 4.79 Å². The summed E-state index contributed by atoms with van der Waals surface area (Å²) in [4.78, 5) is 11.5. The van der Waals surface area contributed by atoms with Gasteiger partial charge in [-0.05, 0) is 30.0 Å². The average Bonchev–Trinajstić information content (AvgIpc) is 3.12. The number of amides is 1. The van der Waals surface area contributed by atoms with E-state index in [1.165, 1.54) is 6.21 Å². The van der Waals surface area contributed by atoms with Crippen LogP contribution in [0.1, 0.15) is 24.0 Å². The fourth-order valence-corrected chi connectivity index (χ4v) is 1.78. The first-order valence-corrected chi connectivity index (χ1v) is 5.82. The normalized spacial score (nSPS) is 15.1. The second kappa shape index (κ2) is 5.19. The van der Waals surface area contributed by atoms with Crippen LogP contribution in [0.2, 0.25) is 5.02 Å². The number of carbonyl (C=O) groups excluding carboxylic acids is 1. The zero-order valence-electron chi connectivity index (χ0n) is 9.19. The van der Waals surface area contributed by atoms with Gasteiger partial charge in [0.2, 0.25) is 5.91 Å². The lowest BCUT2D eigenvalue weighted by atomic mass is 10.1. The van der Waals surface area contributed by atoms with Gasteiger partial charge >= 0.3 is 0 Å². The van der Waals surface area contributed by atoms with E-state index in [4.69, 9.17) is 16.8 Å². The summed E-state index contributed by atoms with van der Waals surface area (Å²) in [6, 6.07) is 5.29. The highest BCUT2D eigenvalue weighted by Crippen LogP contribution is 2.29. The minimum absolute atomic E-state index is 0.0991. The van der Waals surface area contributed by atoms with Crippen molar-refractivity contribution in [3.8, 4) is 0 Å². The summed E-state index contributed by atoms with van der Waals surface area (Å²) >= 11 is 6.05. The minimum atomic E-state index is 0.0991. The highest BCUT2D eigenvalue weighted by atomic mass is 35.5. The molecule has 1 saturated carbocycles. The molecule has 2 N–H and O–H groups in total. The van der Waals surface area contributed by atoms with E-state index in [9.17, 15) is 4.79 Å². The Balaban J connectivity index is 1.98. The third-order valence-corrected chi connectivity index (χ3v) is 3.04. The van der Waals surface area contributed by atoms with Crippen LogP contribution < -0.4 is 5.32 Å². The number of carbonyl (C=O) groups is 1. The topological polar surface area (TPSA) is 61.7 Å². The number of hydrogen-bond acceptors (Lipinski definition) is 3. The van der Waals surface area contributed by atoms with Crippen molar-refractivity contribution in [2.24, 2.45) is 11.1 Å². The van der Waals surface area contributed by atoms with Gasteiger partial charge < -0.3 is 10.5 Å². The molecule has 1 aliphatic rings. The van der Waals surface area contributed by atoms with Gasteiger partial charge in [0.25, 0.3) is 0 Å². The summed E-state index contributed by atoms with van der Waals surface area (Å²) in [6.07, 6.45) is 3.29. The van der Waals surface area contributed by atoms with E-state index in [0.717, 1.165) is 24.0 Å². The van der Waals surface area contributed by atoms with Crippen molar-refractivity contribution < 1.29 is 10.0 Å². The second-order valence-corrected chi connectivity index (χ2v) is 4.49. The van der Waals surface area contributed by atoms with Gasteiger partial charge in [0.15, 0.2) is 0 Å². The van der Waals surface area contributed by atoms with Crippen LogP contribution in [0.5, 0.6) is 0 Å². The van der Waals surface area contributed by atoms with E-state index in [1.54, 1.807) is 12.1 Å². The first-order chi connectivity index (χ1) is 8.20. The van der Waals surface area contributed by atoms with Crippen molar-refractivity contribution in [1.82, 2.24) is 5.32 Å². The number of hydrogen-bond donors (Lipinski definition) is 2. The molecule has 5 heteroatoms. The Kier molecular flexibility index (Phi) is 3.64. The zero-order valence-corrected chi connectivity index (χ0v) is 9.94. The monoisotopic (exact) mass is 252 g/mol. The number of oxime groups is 1. The van der Waals surface area contributed by atoms with Crippen molar-refractivity contribution in [2.75, 3.05) is 0 Å². The number of nitrogens with zero attached hydrogens (tertiary/aromatic N) is 1. The van der Waals surface area contributed by atoms with Crippen LogP contribution in [0.15, 0.2) is 23.4 Å². The van der Waals surface area contributed by atoms with E-state index in [-0.39, 0.29) is 11.8 Å². The summed E-state index contributed by atoms with van der Waals surface area (Å²) in [5.74, 6) is 0.302. The van der Waals surface area contributed by atoms with Gasteiger partial charge in [-0.25, -0.2) is 0 Å². The summed E-state index contributed by atoms with van der Waals surface area (Å²) in [5.41, 5.74) is 1.57. The van der Waals surface area contributed by atoms with Gasteiger partial charge in [-0.2, -0.15) is 0 Å². The molecule has 17 heavy (non-hydrogen) atoms. The average molecular weight is 253 g/mol.